The SMILES string of the molecule is CCC(C(=O)N(CCCC(=O)O)Cc1ccccc1)c1ccccc1. The molecule has 1 amide bonds. The second kappa shape index (κ2) is 9.62. The number of carboxylic acid groups (broad SMARTS) is 1. The molecule has 1 N–H and O–H groups in total. The van der Waals surface area contributed by atoms with Gasteiger partial charge in [-0.25, -0.2) is 0 Å². The van der Waals surface area contributed by atoms with Crippen molar-refractivity contribution in [2.75, 3.05) is 6.54 Å². The van der Waals surface area contributed by atoms with Gasteiger partial charge in [-0.1, -0.05) is 67.6 Å². The van der Waals surface area contributed by atoms with Gasteiger partial charge in [0.25, 0.3) is 0 Å². The number of carbonyl (C=O) groups is 2. The number of benzene rings is 2. The molecule has 0 saturated heterocycles. The molecular weight excluding hydrogens is 314 g/mol. The molecule has 0 aromatic heterocycles. The predicted molar refractivity (Wildman–Crippen MR) is 98.2 cm³/mol. The molecule has 0 aliphatic carbocycles. The van der Waals surface area contributed by atoms with Crippen LogP contribution in [0.15, 0.2) is 60.7 Å². The molecule has 1 atom stereocenters. The first-order valence-electron chi connectivity index (χ1n) is 8.71. The topological polar surface area (TPSA) is 57.6 Å². The summed E-state index contributed by atoms with van der Waals surface area (Å²) in [5.41, 5.74) is 2.06. The van der Waals surface area contributed by atoms with Crippen molar-refractivity contribution in [1.82, 2.24) is 4.90 Å². The van der Waals surface area contributed by atoms with Gasteiger partial charge in [0, 0.05) is 19.5 Å². The van der Waals surface area contributed by atoms with E-state index in [1.54, 1.807) is 4.90 Å². The highest BCUT2D eigenvalue weighted by molar-refractivity contribution is 5.83. The number of aliphatic carboxylic acids is 1. The Kier molecular flexibility index (Phi) is 7.20. The highest BCUT2D eigenvalue weighted by Crippen LogP contribution is 2.23. The first-order valence-corrected chi connectivity index (χ1v) is 8.71. The van der Waals surface area contributed by atoms with Crippen LogP contribution in [-0.4, -0.2) is 28.4 Å². The third-order valence-corrected chi connectivity index (χ3v) is 4.25. The van der Waals surface area contributed by atoms with Gasteiger partial charge in [-0.05, 0) is 24.0 Å². The van der Waals surface area contributed by atoms with Crippen molar-refractivity contribution in [2.24, 2.45) is 0 Å². The Hall–Kier alpha value is -2.62. The van der Waals surface area contributed by atoms with Crippen molar-refractivity contribution < 1.29 is 14.7 Å². The maximum atomic E-state index is 13.1. The van der Waals surface area contributed by atoms with Gasteiger partial charge in [0.1, 0.15) is 0 Å². The zero-order valence-corrected chi connectivity index (χ0v) is 14.6. The number of nitrogens with zero attached hydrogens (tertiary/aromatic N) is 1. The molecular formula is C21H25NO3. The molecule has 0 heterocycles. The Morgan fingerprint density at radius 2 is 1.60 bits per heavy atom. The van der Waals surface area contributed by atoms with Crippen molar-refractivity contribution in [2.45, 2.75) is 38.6 Å². The fraction of sp³-hybridized carbons (Fsp3) is 0.333. The third-order valence-electron chi connectivity index (χ3n) is 4.25. The van der Waals surface area contributed by atoms with Gasteiger partial charge in [-0.2, -0.15) is 0 Å². The summed E-state index contributed by atoms with van der Waals surface area (Å²) in [5, 5.41) is 8.88. The van der Waals surface area contributed by atoms with E-state index in [1.807, 2.05) is 67.6 Å². The van der Waals surface area contributed by atoms with E-state index in [-0.39, 0.29) is 18.2 Å². The lowest BCUT2D eigenvalue weighted by atomic mass is 9.94. The Labute approximate surface area is 149 Å². The van der Waals surface area contributed by atoms with E-state index >= 15 is 0 Å². The zero-order valence-electron chi connectivity index (χ0n) is 14.6. The Balaban J connectivity index is 2.16. The van der Waals surface area contributed by atoms with E-state index in [1.165, 1.54) is 0 Å². The van der Waals surface area contributed by atoms with E-state index in [0.717, 1.165) is 11.1 Å². The van der Waals surface area contributed by atoms with E-state index in [9.17, 15) is 9.59 Å². The first kappa shape index (κ1) is 18.7. The molecule has 0 fully saturated rings. The number of carboxylic acids is 1. The van der Waals surface area contributed by atoms with Crippen LogP contribution in [0.25, 0.3) is 0 Å². The van der Waals surface area contributed by atoms with Crippen LogP contribution >= 0.6 is 0 Å². The summed E-state index contributed by atoms with van der Waals surface area (Å²) in [6, 6.07) is 19.6. The highest BCUT2D eigenvalue weighted by atomic mass is 16.4. The zero-order chi connectivity index (χ0) is 18.1. The quantitative estimate of drug-likeness (QED) is 0.749. The van der Waals surface area contributed by atoms with E-state index < -0.39 is 5.97 Å². The molecule has 2 aromatic rings. The molecule has 2 rings (SSSR count). The van der Waals surface area contributed by atoms with Crippen molar-refractivity contribution >= 4 is 11.9 Å². The molecule has 0 spiro atoms. The maximum absolute atomic E-state index is 13.1. The molecule has 0 bridgehead atoms. The number of rotatable bonds is 9. The first-order chi connectivity index (χ1) is 12.1. The Bertz CT molecular complexity index is 670. The molecule has 132 valence electrons. The van der Waals surface area contributed by atoms with Gasteiger partial charge in [-0.15, -0.1) is 0 Å². The predicted octanol–water partition coefficient (Wildman–Crippen LogP) is 4.07. The van der Waals surface area contributed by atoms with Crippen LogP contribution in [0.5, 0.6) is 0 Å². The van der Waals surface area contributed by atoms with Gasteiger partial charge in [0.2, 0.25) is 5.91 Å². The molecule has 1 unspecified atom stereocenters. The highest BCUT2D eigenvalue weighted by Gasteiger charge is 2.24. The Morgan fingerprint density at radius 3 is 2.16 bits per heavy atom. The van der Waals surface area contributed by atoms with Crippen LogP contribution in [0, 0.1) is 0 Å². The lowest BCUT2D eigenvalue weighted by Gasteiger charge is -2.27. The average molecular weight is 339 g/mol. The summed E-state index contributed by atoms with van der Waals surface area (Å²) in [7, 11) is 0. The normalized spacial score (nSPS) is 11.7. The molecule has 0 aliphatic heterocycles. The van der Waals surface area contributed by atoms with Crippen molar-refractivity contribution in [3.63, 3.8) is 0 Å². The number of hydrogen-bond acceptors (Lipinski definition) is 2. The number of carbonyl (C=O) groups excluding carboxylic acids is 1. The van der Waals surface area contributed by atoms with Crippen LogP contribution < -0.4 is 0 Å². The second-order valence-electron chi connectivity index (χ2n) is 6.11. The Morgan fingerprint density at radius 1 is 1.00 bits per heavy atom. The maximum Gasteiger partial charge on any atom is 0.303 e. The second-order valence-corrected chi connectivity index (χ2v) is 6.11. The third kappa shape index (κ3) is 5.75. The molecule has 0 radical (unpaired) electrons. The summed E-state index contributed by atoms with van der Waals surface area (Å²) in [5.74, 6) is -0.972. The van der Waals surface area contributed by atoms with E-state index in [2.05, 4.69) is 0 Å². The average Bonchev–Trinajstić information content (AvgIpc) is 2.63. The largest absolute Gasteiger partial charge is 0.481 e. The fourth-order valence-corrected chi connectivity index (χ4v) is 2.95. The number of amides is 1. The minimum atomic E-state index is -0.831. The molecule has 4 nitrogen and oxygen atoms in total. The summed E-state index contributed by atoms with van der Waals surface area (Å²) in [4.78, 5) is 25.7. The lowest BCUT2D eigenvalue weighted by molar-refractivity contribution is -0.138. The fourth-order valence-electron chi connectivity index (χ4n) is 2.95. The van der Waals surface area contributed by atoms with Crippen molar-refractivity contribution in [3.05, 3.63) is 71.8 Å². The van der Waals surface area contributed by atoms with Crippen LogP contribution in [0.3, 0.4) is 0 Å². The molecule has 0 aliphatic rings. The van der Waals surface area contributed by atoms with Gasteiger partial charge in [0.05, 0.1) is 5.92 Å². The lowest BCUT2D eigenvalue weighted by Crippen LogP contribution is -2.35. The van der Waals surface area contributed by atoms with Gasteiger partial charge in [0.15, 0.2) is 0 Å². The minimum absolute atomic E-state index is 0.0583. The molecule has 25 heavy (non-hydrogen) atoms. The van der Waals surface area contributed by atoms with Crippen LogP contribution in [0.1, 0.15) is 43.2 Å². The van der Waals surface area contributed by atoms with Crippen molar-refractivity contribution in [3.8, 4) is 0 Å². The summed E-state index contributed by atoms with van der Waals surface area (Å²) in [6.07, 6.45) is 1.24. The van der Waals surface area contributed by atoms with Crippen LogP contribution in [0.2, 0.25) is 0 Å². The molecule has 4 heteroatoms. The van der Waals surface area contributed by atoms with Gasteiger partial charge >= 0.3 is 5.97 Å². The number of hydrogen-bond donors (Lipinski definition) is 1. The van der Waals surface area contributed by atoms with Crippen LogP contribution in [0.4, 0.5) is 0 Å². The monoisotopic (exact) mass is 339 g/mol. The molecule has 2 aromatic carbocycles. The van der Waals surface area contributed by atoms with Gasteiger partial charge in [-0.3, -0.25) is 9.59 Å². The van der Waals surface area contributed by atoms with E-state index in [0.29, 0.717) is 25.9 Å². The van der Waals surface area contributed by atoms with Gasteiger partial charge < -0.3 is 10.0 Å². The van der Waals surface area contributed by atoms with Crippen LogP contribution in [-0.2, 0) is 16.1 Å². The summed E-state index contributed by atoms with van der Waals surface area (Å²) in [6.45, 7) is 2.96. The van der Waals surface area contributed by atoms with Crippen molar-refractivity contribution in [1.29, 1.82) is 0 Å². The standard InChI is InChI=1S/C21H25NO3/c1-2-19(18-12-7-4-8-13-18)21(25)22(15-9-14-20(23)24)16-17-10-5-3-6-11-17/h3-8,10-13,19H,2,9,14-16H2,1H3,(H,23,24). The smallest absolute Gasteiger partial charge is 0.303 e. The minimum Gasteiger partial charge on any atom is -0.481 e. The summed E-state index contributed by atoms with van der Waals surface area (Å²) >= 11 is 0. The summed E-state index contributed by atoms with van der Waals surface area (Å²) < 4.78 is 0. The molecule has 0 saturated carbocycles. The van der Waals surface area contributed by atoms with E-state index in [4.69, 9.17) is 5.11 Å².